The van der Waals surface area contributed by atoms with E-state index >= 15 is 0 Å². The highest BCUT2D eigenvalue weighted by atomic mass is 16.5. The van der Waals surface area contributed by atoms with Crippen molar-refractivity contribution in [2.45, 2.75) is 25.8 Å². The standard InChI is InChI=1S/C20H26N2O3/c1-2-19(12-21-7-1)25-16-18-15-24-11-6-20(18)4-8-22(9-5-20)13-17-3-10-23-14-17/h1-3,7,10,12,14,18H,4-6,8-9,11,13,15-16H2/t18-/m1/s1. The minimum absolute atomic E-state index is 0.355. The van der Waals surface area contributed by atoms with Gasteiger partial charge in [0.15, 0.2) is 0 Å². The smallest absolute Gasteiger partial charge is 0.137 e. The van der Waals surface area contributed by atoms with E-state index in [2.05, 4.69) is 16.0 Å². The average molecular weight is 342 g/mol. The second-order valence-electron chi connectivity index (χ2n) is 7.29. The summed E-state index contributed by atoms with van der Waals surface area (Å²) in [5.74, 6) is 1.30. The lowest BCUT2D eigenvalue weighted by Crippen LogP contribution is -2.49. The molecule has 4 rings (SSSR count). The van der Waals surface area contributed by atoms with Crippen LogP contribution in [0.1, 0.15) is 24.8 Å². The molecule has 0 bridgehead atoms. The van der Waals surface area contributed by atoms with E-state index in [0.29, 0.717) is 17.9 Å². The van der Waals surface area contributed by atoms with E-state index in [9.17, 15) is 0 Å². The van der Waals surface area contributed by atoms with Gasteiger partial charge in [0, 0.05) is 30.8 Å². The highest BCUT2D eigenvalue weighted by molar-refractivity contribution is 5.15. The number of hydrogen-bond donors (Lipinski definition) is 0. The van der Waals surface area contributed by atoms with Gasteiger partial charge in [0.25, 0.3) is 0 Å². The van der Waals surface area contributed by atoms with Crippen LogP contribution in [0.4, 0.5) is 0 Å². The summed E-state index contributed by atoms with van der Waals surface area (Å²) in [5.41, 5.74) is 1.62. The van der Waals surface area contributed by atoms with Gasteiger partial charge in [0.1, 0.15) is 5.75 Å². The number of ether oxygens (including phenoxy) is 2. The van der Waals surface area contributed by atoms with Crippen LogP contribution in [0.2, 0.25) is 0 Å². The first kappa shape index (κ1) is 16.6. The van der Waals surface area contributed by atoms with Crippen LogP contribution < -0.4 is 4.74 Å². The molecule has 2 aliphatic rings. The molecule has 2 saturated heterocycles. The second kappa shape index (κ2) is 7.58. The van der Waals surface area contributed by atoms with Crippen molar-refractivity contribution in [1.82, 2.24) is 9.88 Å². The Morgan fingerprint density at radius 2 is 2.16 bits per heavy atom. The molecule has 0 saturated carbocycles. The molecule has 2 aliphatic heterocycles. The summed E-state index contributed by atoms with van der Waals surface area (Å²) in [6, 6.07) is 5.94. The van der Waals surface area contributed by atoms with Gasteiger partial charge in [-0.2, -0.15) is 0 Å². The molecule has 1 spiro atoms. The van der Waals surface area contributed by atoms with Crippen molar-refractivity contribution >= 4 is 0 Å². The summed E-state index contributed by atoms with van der Waals surface area (Å²) in [5, 5.41) is 0. The molecule has 1 atom stereocenters. The second-order valence-corrected chi connectivity index (χ2v) is 7.29. The van der Waals surface area contributed by atoms with Crippen LogP contribution in [-0.2, 0) is 11.3 Å². The molecule has 0 aliphatic carbocycles. The van der Waals surface area contributed by atoms with Gasteiger partial charge in [-0.05, 0) is 56.0 Å². The summed E-state index contributed by atoms with van der Waals surface area (Å²) in [6.07, 6.45) is 10.7. The molecular formula is C20H26N2O3. The van der Waals surface area contributed by atoms with Crippen molar-refractivity contribution in [2.24, 2.45) is 11.3 Å². The van der Waals surface area contributed by atoms with E-state index in [0.717, 1.165) is 45.0 Å². The Hall–Kier alpha value is -1.85. The van der Waals surface area contributed by atoms with Gasteiger partial charge in [0.2, 0.25) is 0 Å². The Bertz CT molecular complexity index is 636. The van der Waals surface area contributed by atoms with Gasteiger partial charge in [0.05, 0.1) is 31.9 Å². The number of nitrogens with zero attached hydrogens (tertiary/aromatic N) is 2. The monoisotopic (exact) mass is 342 g/mol. The topological polar surface area (TPSA) is 47.7 Å². The lowest BCUT2D eigenvalue weighted by atomic mass is 9.66. The largest absolute Gasteiger partial charge is 0.492 e. The van der Waals surface area contributed by atoms with E-state index in [1.54, 1.807) is 18.7 Å². The predicted molar refractivity (Wildman–Crippen MR) is 94.3 cm³/mol. The molecule has 0 N–H and O–H groups in total. The Kier molecular flexibility index (Phi) is 5.04. The van der Waals surface area contributed by atoms with Gasteiger partial charge in [-0.15, -0.1) is 0 Å². The number of likely N-dealkylation sites (tertiary alicyclic amines) is 1. The fourth-order valence-electron chi connectivity index (χ4n) is 4.19. The molecular weight excluding hydrogens is 316 g/mol. The number of pyridine rings is 1. The summed E-state index contributed by atoms with van der Waals surface area (Å²) >= 11 is 0. The third-order valence-corrected chi connectivity index (χ3v) is 5.85. The van der Waals surface area contributed by atoms with Crippen LogP contribution in [-0.4, -0.2) is 42.8 Å². The highest BCUT2D eigenvalue weighted by Gasteiger charge is 2.43. The Labute approximate surface area is 148 Å². The van der Waals surface area contributed by atoms with Crippen molar-refractivity contribution < 1.29 is 13.9 Å². The molecule has 2 aromatic rings. The number of piperidine rings is 1. The number of rotatable bonds is 5. The first-order valence-electron chi connectivity index (χ1n) is 9.18. The zero-order chi connectivity index (χ0) is 17.0. The minimum atomic E-state index is 0.355. The zero-order valence-electron chi connectivity index (χ0n) is 14.6. The minimum Gasteiger partial charge on any atom is -0.492 e. The first-order chi connectivity index (χ1) is 12.3. The third kappa shape index (κ3) is 3.88. The third-order valence-electron chi connectivity index (χ3n) is 5.85. The SMILES string of the molecule is c1cncc(OC[C@H]2COCCC23CCN(Cc2ccoc2)CC3)c1. The molecule has 0 radical (unpaired) electrons. The molecule has 4 heterocycles. The molecule has 5 nitrogen and oxygen atoms in total. The van der Waals surface area contributed by atoms with Crippen molar-refractivity contribution in [1.29, 1.82) is 0 Å². The fourth-order valence-corrected chi connectivity index (χ4v) is 4.19. The molecule has 134 valence electrons. The maximum Gasteiger partial charge on any atom is 0.137 e. The summed E-state index contributed by atoms with van der Waals surface area (Å²) in [6.45, 7) is 5.66. The first-order valence-corrected chi connectivity index (χ1v) is 9.18. The van der Waals surface area contributed by atoms with Crippen LogP contribution in [0.25, 0.3) is 0 Å². The predicted octanol–water partition coefficient (Wildman–Crippen LogP) is 3.37. The van der Waals surface area contributed by atoms with Crippen molar-refractivity contribution in [3.05, 3.63) is 48.7 Å². The molecule has 0 unspecified atom stereocenters. The average Bonchev–Trinajstić information content (AvgIpc) is 3.17. The van der Waals surface area contributed by atoms with Gasteiger partial charge in [-0.25, -0.2) is 0 Å². The molecule has 2 aromatic heterocycles. The van der Waals surface area contributed by atoms with Gasteiger partial charge in [-0.3, -0.25) is 9.88 Å². The summed E-state index contributed by atoms with van der Waals surface area (Å²) < 4.78 is 17.0. The quantitative estimate of drug-likeness (QED) is 0.834. The van der Waals surface area contributed by atoms with Crippen molar-refractivity contribution in [2.75, 3.05) is 32.9 Å². The van der Waals surface area contributed by atoms with E-state index in [1.807, 2.05) is 18.4 Å². The highest BCUT2D eigenvalue weighted by Crippen LogP contribution is 2.45. The Morgan fingerprint density at radius 3 is 2.92 bits per heavy atom. The van der Waals surface area contributed by atoms with Crippen LogP contribution in [0.5, 0.6) is 5.75 Å². The zero-order valence-corrected chi connectivity index (χ0v) is 14.6. The van der Waals surface area contributed by atoms with Crippen molar-refractivity contribution in [3.63, 3.8) is 0 Å². The number of furan rings is 1. The summed E-state index contributed by atoms with van der Waals surface area (Å²) in [7, 11) is 0. The molecule has 25 heavy (non-hydrogen) atoms. The molecule has 5 heteroatoms. The lowest BCUT2D eigenvalue weighted by molar-refractivity contribution is -0.0864. The van der Waals surface area contributed by atoms with Gasteiger partial charge >= 0.3 is 0 Å². The van der Waals surface area contributed by atoms with Crippen molar-refractivity contribution in [3.8, 4) is 5.75 Å². The lowest BCUT2D eigenvalue weighted by Gasteiger charge is -2.48. The van der Waals surface area contributed by atoms with E-state index in [4.69, 9.17) is 13.9 Å². The van der Waals surface area contributed by atoms with Crippen LogP contribution >= 0.6 is 0 Å². The Balaban J connectivity index is 1.35. The Morgan fingerprint density at radius 1 is 1.24 bits per heavy atom. The molecule has 2 fully saturated rings. The van der Waals surface area contributed by atoms with Crippen LogP contribution in [0, 0.1) is 11.3 Å². The fraction of sp³-hybridized carbons (Fsp3) is 0.550. The van der Waals surface area contributed by atoms with Crippen LogP contribution in [0.15, 0.2) is 47.5 Å². The number of hydrogen-bond acceptors (Lipinski definition) is 5. The molecule has 0 aromatic carbocycles. The normalized spacial score (nSPS) is 23.6. The molecule has 0 amide bonds. The van der Waals surface area contributed by atoms with E-state index in [1.165, 1.54) is 18.4 Å². The maximum atomic E-state index is 6.02. The number of aromatic nitrogens is 1. The summed E-state index contributed by atoms with van der Waals surface area (Å²) in [4.78, 5) is 6.66. The van der Waals surface area contributed by atoms with Gasteiger partial charge < -0.3 is 13.9 Å². The van der Waals surface area contributed by atoms with E-state index < -0.39 is 0 Å². The van der Waals surface area contributed by atoms with Gasteiger partial charge in [-0.1, -0.05) is 0 Å². The maximum absolute atomic E-state index is 6.02. The van der Waals surface area contributed by atoms with E-state index in [-0.39, 0.29) is 0 Å². The van der Waals surface area contributed by atoms with Crippen LogP contribution in [0.3, 0.4) is 0 Å².